The molecule has 242 valence electrons. The van der Waals surface area contributed by atoms with E-state index in [0.29, 0.717) is 10.9 Å². The van der Waals surface area contributed by atoms with Crippen LogP contribution < -0.4 is 10.1 Å². The molecule has 16 nitrogen and oxygen atoms in total. The lowest BCUT2D eigenvalue weighted by Crippen LogP contribution is -2.56. The number of aliphatic hydroxyl groups excluding tert-OH is 1. The van der Waals surface area contributed by atoms with Gasteiger partial charge in [0.2, 0.25) is 5.91 Å². The first-order valence-corrected chi connectivity index (χ1v) is 14.4. The molecule has 2 aliphatic heterocycles. The smallest absolute Gasteiger partial charge is 0.409 e. The number of nitrogens with zero attached hydrogens (tertiary/aromatic N) is 4. The van der Waals surface area contributed by atoms with Gasteiger partial charge in [0.1, 0.15) is 23.5 Å². The van der Waals surface area contributed by atoms with Gasteiger partial charge < -0.3 is 44.8 Å². The zero-order valence-electron chi connectivity index (χ0n) is 24.6. The number of benzene rings is 1. The van der Waals surface area contributed by atoms with Gasteiger partial charge in [0.25, 0.3) is 11.8 Å². The second-order valence-corrected chi connectivity index (χ2v) is 10.6. The molecule has 0 aliphatic carbocycles. The first-order valence-electron chi connectivity index (χ1n) is 14.4. The fourth-order valence-electron chi connectivity index (χ4n) is 5.23. The van der Waals surface area contributed by atoms with E-state index in [-0.39, 0.29) is 63.6 Å². The number of para-hydroxylation sites is 1. The quantitative estimate of drug-likeness (QED) is 0.257. The van der Waals surface area contributed by atoms with Crippen molar-refractivity contribution in [2.45, 2.75) is 44.4 Å². The van der Waals surface area contributed by atoms with Crippen LogP contribution in [0.1, 0.15) is 36.7 Å². The molecular formula is C29H35N5O11. The molecule has 2 saturated heterocycles. The molecule has 0 spiro atoms. The Kier molecular flexibility index (Phi) is 10.7. The number of amides is 4. The molecule has 2 aromatic rings. The van der Waals surface area contributed by atoms with Crippen molar-refractivity contribution in [1.29, 1.82) is 0 Å². The van der Waals surface area contributed by atoms with Gasteiger partial charge in [0.05, 0.1) is 18.2 Å². The number of carboxylic acids is 2. The number of hydrogen-bond acceptors (Lipinski definition) is 10. The van der Waals surface area contributed by atoms with Crippen LogP contribution in [-0.4, -0.2) is 135 Å². The number of carbonyl (C=O) groups excluding carboxylic acids is 4. The summed E-state index contributed by atoms with van der Waals surface area (Å²) in [6.45, 7) is 1.89. The number of pyridine rings is 1. The Morgan fingerprint density at radius 1 is 1.04 bits per heavy atom. The van der Waals surface area contributed by atoms with E-state index < -0.39 is 67.0 Å². The molecule has 0 radical (unpaired) electrons. The summed E-state index contributed by atoms with van der Waals surface area (Å²) in [7, 11) is 0. The van der Waals surface area contributed by atoms with Crippen LogP contribution in [0.15, 0.2) is 30.3 Å². The highest BCUT2D eigenvalue weighted by molar-refractivity contribution is 5.99. The minimum Gasteiger partial charge on any atom is -0.483 e. The normalized spacial score (nSPS) is 18.8. The van der Waals surface area contributed by atoms with Crippen molar-refractivity contribution in [2.24, 2.45) is 0 Å². The van der Waals surface area contributed by atoms with Gasteiger partial charge in [-0.05, 0) is 25.5 Å². The number of aliphatic hydroxyl groups is 1. The van der Waals surface area contributed by atoms with Crippen molar-refractivity contribution in [3.8, 4) is 5.75 Å². The Labute approximate surface area is 257 Å². The maximum Gasteiger partial charge on any atom is 0.409 e. The zero-order chi connectivity index (χ0) is 32.7. The van der Waals surface area contributed by atoms with E-state index in [0.717, 1.165) is 4.90 Å². The molecule has 3 atom stereocenters. The van der Waals surface area contributed by atoms with Crippen molar-refractivity contribution in [1.82, 2.24) is 25.0 Å². The van der Waals surface area contributed by atoms with Gasteiger partial charge in [-0.3, -0.25) is 19.2 Å². The molecule has 45 heavy (non-hydrogen) atoms. The summed E-state index contributed by atoms with van der Waals surface area (Å²) in [5.41, 5.74) is 0.160. The molecule has 0 bridgehead atoms. The van der Waals surface area contributed by atoms with Crippen LogP contribution >= 0.6 is 0 Å². The third kappa shape index (κ3) is 8.14. The summed E-state index contributed by atoms with van der Waals surface area (Å²) in [6.07, 6.45) is -2.18. The summed E-state index contributed by atoms with van der Waals surface area (Å²) in [5.74, 6) is -4.30. The second kappa shape index (κ2) is 14.7. The summed E-state index contributed by atoms with van der Waals surface area (Å²) < 4.78 is 10.7. The van der Waals surface area contributed by atoms with Gasteiger partial charge in [-0.1, -0.05) is 12.1 Å². The molecular weight excluding hydrogens is 594 g/mol. The Hall–Kier alpha value is -4.99. The number of aliphatic carboxylic acids is 2. The third-order valence-corrected chi connectivity index (χ3v) is 7.51. The standard InChI is InChI=1S/C29H35N5O11/c1-2-44-29(43)33-11-9-32(10-12-33)27(40)20(7-8-25(37)38)31-26(39)21-14-23(18-5-3-4-6-19(18)30-21)45-16-24(36)34-15-17(35)13-22(34)28(41)42/h3-6,14,17,20,22,35H,2,7-13,15-16H2,1H3,(H,31,39)(H,37,38)(H,41,42)/t17-,20+,22+/m1/s1. The molecule has 4 rings (SSSR count). The maximum absolute atomic E-state index is 13.4. The Bertz CT molecular complexity index is 1460. The largest absolute Gasteiger partial charge is 0.483 e. The van der Waals surface area contributed by atoms with E-state index in [1.807, 2.05) is 0 Å². The van der Waals surface area contributed by atoms with Gasteiger partial charge in [-0.15, -0.1) is 0 Å². The van der Waals surface area contributed by atoms with E-state index in [2.05, 4.69) is 10.3 Å². The number of rotatable bonds is 11. The van der Waals surface area contributed by atoms with Crippen molar-refractivity contribution in [3.63, 3.8) is 0 Å². The lowest BCUT2D eigenvalue weighted by atomic mass is 10.1. The van der Waals surface area contributed by atoms with Gasteiger partial charge in [-0.2, -0.15) is 0 Å². The molecule has 2 fully saturated rings. The van der Waals surface area contributed by atoms with Crippen molar-refractivity contribution in [2.75, 3.05) is 45.9 Å². The molecule has 2 aliphatic rings. The number of carboxylic acid groups (broad SMARTS) is 2. The van der Waals surface area contributed by atoms with Gasteiger partial charge >= 0.3 is 18.0 Å². The van der Waals surface area contributed by atoms with Crippen molar-refractivity contribution in [3.05, 3.63) is 36.0 Å². The number of carbonyl (C=O) groups is 6. The molecule has 0 saturated carbocycles. The monoisotopic (exact) mass is 629 g/mol. The van der Waals surface area contributed by atoms with Crippen LogP contribution in [-0.2, 0) is 23.9 Å². The Balaban J connectivity index is 1.50. The van der Waals surface area contributed by atoms with E-state index >= 15 is 0 Å². The molecule has 16 heteroatoms. The number of nitrogens with one attached hydrogen (secondary N) is 1. The molecule has 1 aromatic carbocycles. The number of fused-ring (bicyclic) bond motifs is 1. The molecule has 4 N–H and O–H groups in total. The van der Waals surface area contributed by atoms with E-state index in [9.17, 15) is 44.1 Å². The Morgan fingerprint density at radius 2 is 1.73 bits per heavy atom. The van der Waals surface area contributed by atoms with Crippen LogP contribution in [0.5, 0.6) is 5.75 Å². The minimum absolute atomic E-state index is 0.0919. The average molecular weight is 630 g/mol. The fraction of sp³-hybridized carbons (Fsp3) is 0.483. The van der Waals surface area contributed by atoms with Gasteiger partial charge in [-0.25, -0.2) is 14.6 Å². The highest BCUT2D eigenvalue weighted by Crippen LogP contribution is 2.26. The van der Waals surface area contributed by atoms with Crippen LogP contribution in [0.2, 0.25) is 0 Å². The van der Waals surface area contributed by atoms with Crippen LogP contribution in [0, 0.1) is 0 Å². The second-order valence-electron chi connectivity index (χ2n) is 10.6. The van der Waals surface area contributed by atoms with Crippen molar-refractivity contribution >= 4 is 46.7 Å². The predicted molar refractivity (Wildman–Crippen MR) is 154 cm³/mol. The van der Waals surface area contributed by atoms with Crippen LogP contribution in [0.3, 0.4) is 0 Å². The molecule has 1 aromatic heterocycles. The van der Waals surface area contributed by atoms with E-state index in [1.165, 1.54) is 15.9 Å². The number of aromatic nitrogens is 1. The summed E-state index contributed by atoms with van der Waals surface area (Å²) in [4.78, 5) is 82.8. The number of hydrogen-bond donors (Lipinski definition) is 4. The summed E-state index contributed by atoms with van der Waals surface area (Å²) in [6, 6.07) is 5.49. The van der Waals surface area contributed by atoms with Gasteiger partial charge in [0, 0.05) is 57.0 Å². The van der Waals surface area contributed by atoms with Crippen LogP contribution in [0.4, 0.5) is 4.79 Å². The predicted octanol–water partition coefficient (Wildman–Crippen LogP) is -0.0761. The number of β-amino-alcohol motifs (C(OH)–C–C–N with tert-alkyl or cyclic N) is 1. The highest BCUT2D eigenvalue weighted by Gasteiger charge is 2.39. The first-order chi connectivity index (χ1) is 21.5. The Morgan fingerprint density at radius 3 is 2.40 bits per heavy atom. The number of likely N-dealkylation sites (tertiary alicyclic amines) is 1. The SMILES string of the molecule is CCOC(=O)N1CCN(C(=O)[C@H](CCC(=O)O)NC(=O)c2cc(OCC(=O)N3C[C@H](O)C[C@H]3C(=O)O)c3ccccc3n2)CC1. The lowest BCUT2D eigenvalue weighted by molar-refractivity contribution is -0.149. The average Bonchev–Trinajstić information content (AvgIpc) is 3.43. The highest BCUT2D eigenvalue weighted by atomic mass is 16.6. The maximum atomic E-state index is 13.4. The molecule has 4 amide bonds. The number of ether oxygens (including phenoxy) is 2. The lowest BCUT2D eigenvalue weighted by Gasteiger charge is -2.35. The van der Waals surface area contributed by atoms with Crippen molar-refractivity contribution < 1.29 is 53.6 Å². The van der Waals surface area contributed by atoms with Crippen LogP contribution in [0.25, 0.3) is 10.9 Å². The minimum atomic E-state index is -1.25. The van der Waals surface area contributed by atoms with E-state index in [1.54, 1.807) is 31.2 Å². The van der Waals surface area contributed by atoms with Gasteiger partial charge in [0.15, 0.2) is 6.61 Å². The molecule has 3 heterocycles. The van der Waals surface area contributed by atoms with E-state index in [4.69, 9.17) is 9.47 Å². The number of piperazine rings is 1. The summed E-state index contributed by atoms with van der Waals surface area (Å²) >= 11 is 0. The molecule has 0 unspecified atom stereocenters. The summed E-state index contributed by atoms with van der Waals surface area (Å²) in [5, 5.41) is 31.6. The zero-order valence-corrected chi connectivity index (χ0v) is 24.6. The topological polar surface area (TPSA) is 216 Å². The fourth-order valence-corrected chi connectivity index (χ4v) is 5.23. The third-order valence-electron chi connectivity index (χ3n) is 7.51. The first kappa shape index (κ1) is 32.9.